The Morgan fingerprint density at radius 2 is 2.19 bits per heavy atom. The van der Waals surface area contributed by atoms with Crippen molar-refractivity contribution in [2.24, 2.45) is 0 Å². The molecule has 2 N–H and O–H groups in total. The zero-order valence-corrected chi connectivity index (χ0v) is 14.1. The first-order valence-electron chi connectivity index (χ1n) is 8.33. The zero-order chi connectivity index (χ0) is 18.1. The number of benzene rings is 1. The van der Waals surface area contributed by atoms with Gasteiger partial charge in [0, 0.05) is 23.2 Å². The van der Waals surface area contributed by atoms with Crippen molar-refractivity contribution in [1.29, 1.82) is 0 Å². The number of ether oxygens (including phenoxy) is 1. The molecular formula is C19H18N4O3. The third kappa shape index (κ3) is 2.93. The molecule has 132 valence electrons. The van der Waals surface area contributed by atoms with Crippen molar-refractivity contribution in [1.82, 2.24) is 20.1 Å². The molecule has 1 saturated heterocycles. The standard InChI is InChI=1S/C19H18N4O3/c1-2-18(25)23-7-8-26-17(11-23)15-10-12-9-14(21-22-19(12)20-15)13-5-3-4-6-16(13)24/h2-6,9-10,17,24H,1,7-8,11H2,(H,20,22). The average molecular weight is 350 g/mol. The van der Waals surface area contributed by atoms with Crippen molar-refractivity contribution < 1.29 is 14.6 Å². The SMILES string of the molecule is C=CC(=O)N1CCOC(c2cc3cc(-c4ccccc4O)nnc3[nH]2)C1. The largest absolute Gasteiger partial charge is 0.507 e. The number of amides is 1. The van der Waals surface area contributed by atoms with Crippen LogP contribution in [0, 0.1) is 0 Å². The maximum atomic E-state index is 11.8. The van der Waals surface area contributed by atoms with E-state index in [0.717, 1.165) is 11.1 Å². The summed E-state index contributed by atoms with van der Waals surface area (Å²) in [6.07, 6.45) is 1.06. The van der Waals surface area contributed by atoms with Crippen LogP contribution < -0.4 is 0 Å². The number of H-pyrrole nitrogens is 1. The molecular weight excluding hydrogens is 332 g/mol. The zero-order valence-electron chi connectivity index (χ0n) is 14.1. The number of hydrogen-bond donors (Lipinski definition) is 2. The highest BCUT2D eigenvalue weighted by molar-refractivity contribution is 5.87. The van der Waals surface area contributed by atoms with Crippen LogP contribution in [0.4, 0.5) is 0 Å². The van der Waals surface area contributed by atoms with E-state index >= 15 is 0 Å². The van der Waals surface area contributed by atoms with Gasteiger partial charge in [-0.3, -0.25) is 4.79 Å². The first kappa shape index (κ1) is 16.3. The van der Waals surface area contributed by atoms with Gasteiger partial charge < -0.3 is 19.7 Å². The number of carbonyl (C=O) groups is 1. The van der Waals surface area contributed by atoms with E-state index in [-0.39, 0.29) is 17.8 Å². The van der Waals surface area contributed by atoms with Crippen molar-refractivity contribution in [3.05, 3.63) is 54.7 Å². The molecule has 1 amide bonds. The summed E-state index contributed by atoms with van der Waals surface area (Å²) < 4.78 is 5.80. The molecule has 1 fully saturated rings. The molecule has 0 bridgehead atoms. The number of nitrogens with one attached hydrogen (secondary N) is 1. The van der Waals surface area contributed by atoms with Crippen LogP contribution in [0.5, 0.6) is 5.75 Å². The summed E-state index contributed by atoms with van der Waals surface area (Å²) in [7, 11) is 0. The number of aromatic hydroxyl groups is 1. The molecule has 26 heavy (non-hydrogen) atoms. The molecule has 1 atom stereocenters. The maximum absolute atomic E-state index is 11.8. The highest BCUT2D eigenvalue weighted by Gasteiger charge is 2.25. The van der Waals surface area contributed by atoms with E-state index < -0.39 is 0 Å². The van der Waals surface area contributed by atoms with Gasteiger partial charge in [0.25, 0.3) is 0 Å². The fourth-order valence-electron chi connectivity index (χ4n) is 3.12. The predicted octanol–water partition coefficient (Wildman–Crippen LogP) is 2.42. The van der Waals surface area contributed by atoms with Crippen LogP contribution in [-0.4, -0.2) is 50.8 Å². The third-order valence-corrected chi connectivity index (χ3v) is 4.48. The monoisotopic (exact) mass is 350 g/mol. The van der Waals surface area contributed by atoms with Gasteiger partial charge in [0.2, 0.25) is 5.91 Å². The number of morpholine rings is 1. The number of aromatic nitrogens is 3. The molecule has 7 nitrogen and oxygen atoms in total. The summed E-state index contributed by atoms with van der Waals surface area (Å²) in [5.74, 6) is 0.0575. The number of para-hydroxylation sites is 1. The van der Waals surface area contributed by atoms with E-state index in [9.17, 15) is 9.90 Å². The molecule has 3 heterocycles. The van der Waals surface area contributed by atoms with Crippen LogP contribution in [0.1, 0.15) is 11.8 Å². The number of hydrogen-bond acceptors (Lipinski definition) is 5. The fraction of sp³-hybridized carbons (Fsp3) is 0.211. The molecule has 0 saturated carbocycles. The molecule has 0 radical (unpaired) electrons. The molecule has 1 unspecified atom stereocenters. The fourth-order valence-corrected chi connectivity index (χ4v) is 3.12. The second-order valence-corrected chi connectivity index (χ2v) is 6.12. The van der Waals surface area contributed by atoms with Crippen molar-refractivity contribution in [2.45, 2.75) is 6.10 Å². The van der Waals surface area contributed by atoms with Gasteiger partial charge in [0.15, 0.2) is 5.65 Å². The van der Waals surface area contributed by atoms with E-state index in [4.69, 9.17) is 4.74 Å². The summed E-state index contributed by atoms with van der Waals surface area (Å²) in [5, 5.41) is 19.3. The summed E-state index contributed by atoms with van der Waals surface area (Å²) in [4.78, 5) is 16.8. The maximum Gasteiger partial charge on any atom is 0.246 e. The van der Waals surface area contributed by atoms with Gasteiger partial charge in [0.05, 0.1) is 18.8 Å². The third-order valence-electron chi connectivity index (χ3n) is 4.48. The van der Waals surface area contributed by atoms with Gasteiger partial charge in [-0.05, 0) is 30.3 Å². The van der Waals surface area contributed by atoms with Crippen molar-refractivity contribution >= 4 is 16.9 Å². The molecule has 7 heteroatoms. The Morgan fingerprint density at radius 3 is 3.00 bits per heavy atom. The van der Waals surface area contributed by atoms with E-state index in [1.807, 2.05) is 18.2 Å². The molecule has 2 aromatic heterocycles. The summed E-state index contributed by atoms with van der Waals surface area (Å²) in [6.45, 7) is 5.01. The quantitative estimate of drug-likeness (QED) is 0.708. The van der Waals surface area contributed by atoms with Crippen LogP contribution in [0.15, 0.2) is 49.1 Å². The van der Waals surface area contributed by atoms with E-state index in [2.05, 4.69) is 21.8 Å². The van der Waals surface area contributed by atoms with E-state index in [1.54, 1.807) is 23.1 Å². The van der Waals surface area contributed by atoms with Crippen LogP contribution in [-0.2, 0) is 9.53 Å². The number of phenols is 1. The highest BCUT2D eigenvalue weighted by atomic mass is 16.5. The van der Waals surface area contributed by atoms with Crippen molar-refractivity contribution in [3.63, 3.8) is 0 Å². The smallest absolute Gasteiger partial charge is 0.246 e. The van der Waals surface area contributed by atoms with E-state index in [0.29, 0.717) is 36.6 Å². The van der Waals surface area contributed by atoms with Gasteiger partial charge in [-0.15, -0.1) is 10.2 Å². The minimum Gasteiger partial charge on any atom is -0.507 e. The molecule has 0 aliphatic carbocycles. The normalized spacial score (nSPS) is 17.4. The van der Waals surface area contributed by atoms with Gasteiger partial charge in [-0.25, -0.2) is 0 Å². The molecule has 1 aromatic carbocycles. The molecule has 1 aliphatic heterocycles. The van der Waals surface area contributed by atoms with Gasteiger partial charge >= 0.3 is 0 Å². The summed E-state index contributed by atoms with van der Waals surface area (Å²) in [6, 6.07) is 10.8. The molecule has 3 aromatic rings. The second-order valence-electron chi connectivity index (χ2n) is 6.12. The first-order valence-corrected chi connectivity index (χ1v) is 8.33. The Balaban J connectivity index is 1.65. The lowest BCUT2D eigenvalue weighted by Crippen LogP contribution is -2.41. The van der Waals surface area contributed by atoms with Gasteiger partial charge in [-0.1, -0.05) is 18.7 Å². The lowest BCUT2D eigenvalue weighted by atomic mass is 10.1. The molecule has 0 spiro atoms. The minimum absolute atomic E-state index is 0.101. The van der Waals surface area contributed by atoms with Crippen LogP contribution >= 0.6 is 0 Å². The molecule has 1 aliphatic rings. The summed E-state index contributed by atoms with van der Waals surface area (Å²) in [5.41, 5.74) is 2.69. The topological polar surface area (TPSA) is 91.3 Å². The van der Waals surface area contributed by atoms with Crippen molar-refractivity contribution in [2.75, 3.05) is 19.7 Å². The Hall–Kier alpha value is -3.19. The number of rotatable bonds is 3. The predicted molar refractivity (Wildman–Crippen MR) is 96.5 cm³/mol. The van der Waals surface area contributed by atoms with Gasteiger partial charge in [0.1, 0.15) is 11.9 Å². The lowest BCUT2D eigenvalue weighted by Gasteiger charge is -2.31. The number of phenolic OH excluding ortho intramolecular Hbond substituents is 1. The van der Waals surface area contributed by atoms with Gasteiger partial charge in [-0.2, -0.15) is 0 Å². The Kier molecular flexibility index (Phi) is 4.14. The Bertz CT molecular complexity index is 982. The Morgan fingerprint density at radius 1 is 1.35 bits per heavy atom. The summed E-state index contributed by atoms with van der Waals surface area (Å²) >= 11 is 0. The van der Waals surface area contributed by atoms with E-state index in [1.165, 1.54) is 6.08 Å². The molecule has 4 rings (SSSR count). The number of carbonyl (C=O) groups excluding carboxylic acids is 1. The number of aromatic amines is 1. The number of fused-ring (bicyclic) bond motifs is 1. The Labute approximate surface area is 149 Å². The van der Waals surface area contributed by atoms with Crippen LogP contribution in [0.2, 0.25) is 0 Å². The lowest BCUT2D eigenvalue weighted by molar-refractivity contribution is -0.133. The average Bonchev–Trinajstić information content (AvgIpc) is 3.11. The minimum atomic E-state index is -0.254. The number of nitrogens with zero attached hydrogens (tertiary/aromatic N) is 3. The highest BCUT2D eigenvalue weighted by Crippen LogP contribution is 2.30. The first-order chi connectivity index (χ1) is 12.7. The van der Waals surface area contributed by atoms with Crippen LogP contribution in [0.3, 0.4) is 0 Å². The second kappa shape index (κ2) is 6.61. The van der Waals surface area contributed by atoms with Crippen LogP contribution in [0.25, 0.3) is 22.3 Å². The van der Waals surface area contributed by atoms with Crippen molar-refractivity contribution in [3.8, 4) is 17.0 Å².